The minimum atomic E-state index is -4.68. The molecule has 5 nitrogen and oxygen atoms in total. The Morgan fingerprint density at radius 2 is 2.05 bits per heavy atom. The summed E-state index contributed by atoms with van der Waals surface area (Å²) in [4.78, 5) is 24.1. The monoisotopic (exact) mass is 314 g/mol. The predicted octanol–water partition coefficient (Wildman–Crippen LogP) is 3.24. The van der Waals surface area contributed by atoms with Crippen LogP contribution in [-0.4, -0.2) is 28.3 Å². The number of halogens is 3. The molecule has 2 atom stereocenters. The van der Waals surface area contributed by atoms with E-state index in [1.807, 2.05) is 0 Å². The second kappa shape index (κ2) is 4.96. The molecule has 1 aliphatic heterocycles. The summed E-state index contributed by atoms with van der Waals surface area (Å²) in [6.07, 6.45) is -1.92. The van der Waals surface area contributed by atoms with E-state index in [1.165, 1.54) is 0 Å². The van der Waals surface area contributed by atoms with Crippen molar-refractivity contribution in [3.8, 4) is 0 Å². The van der Waals surface area contributed by atoms with Crippen LogP contribution in [0, 0.1) is 16.0 Å². The van der Waals surface area contributed by atoms with Crippen molar-refractivity contribution in [1.29, 1.82) is 0 Å². The van der Waals surface area contributed by atoms with E-state index in [0.717, 1.165) is 25.3 Å². The standard InChI is InChI=1S/C14H13F3N2O3/c15-14(16,17)9-2-4-11(12(6-9)19(21)22)13(20)18-7-8-1-3-10(18)5-8/h2,4,6,8,10H,1,3,5,7H2/t8-,10-/m0/s1. The van der Waals surface area contributed by atoms with Gasteiger partial charge in [-0.25, -0.2) is 0 Å². The molecule has 0 spiro atoms. The first-order valence-electron chi connectivity index (χ1n) is 6.94. The molecule has 1 heterocycles. The van der Waals surface area contributed by atoms with Gasteiger partial charge in [-0.3, -0.25) is 14.9 Å². The summed E-state index contributed by atoms with van der Waals surface area (Å²) < 4.78 is 38.0. The topological polar surface area (TPSA) is 63.4 Å². The number of carbonyl (C=O) groups excluding carboxylic acids is 1. The number of rotatable bonds is 2. The number of alkyl halides is 3. The van der Waals surface area contributed by atoms with E-state index in [0.29, 0.717) is 24.6 Å². The van der Waals surface area contributed by atoms with Crippen molar-refractivity contribution in [3.63, 3.8) is 0 Å². The Morgan fingerprint density at radius 1 is 1.32 bits per heavy atom. The number of hydrogen-bond donors (Lipinski definition) is 0. The van der Waals surface area contributed by atoms with Crippen LogP contribution in [0.5, 0.6) is 0 Å². The van der Waals surface area contributed by atoms with Gasteiger partial charge in [0.25, 0.3) is 11.6 Å². The average Bonchev–Trinajstić information content (AvgIpc) is 3.07. The number of likely N-dealkylation sites (tertiary alicyclic amines) is 1. The Labute approximate surface area is 123 Å². The number of fused-ring (bicyclic) bond motifs is 2. The smallest absolute Gasteiger partial charge is 0.335 e. The Hall–Kier alpha value is -2.12. The van der Waals surface area contributed by atoms with Crippen molar-refractivity contribution in [2.75, 3.05) is 6.54 Å². The molecule has 1 saturated carbocycles. The molecule has 1 saturated heterocycles. The molecule has 8 heteroatoms. The molecular formula is C14H13F3N2O3. The quantitative estimate of drug-likeness (QED) is 0.622. The van der Waals surface area contributed by atoms with Gasteiger partial charge in [-0.2, -0.15) is 13.2 Å². The number of nitro benzene ring substituents is 1. The second-order valence-electron chi connectivity index (χ2n) is 5.78. The number of hydrogen-bond acceptors (Lipinski definition) is 3. The third-order valence-electron chi connectivity index (χ3n) is 4.42. The van der Waals surface area contributed by atoms with Gasteiger partial charge in [-0.15, -0.1) is 0 Å². The summed E-state index contributed by atoms with van der Waals surface area (Å²) in [6, 6.07) is 2.12. The van der Waals surface area contributed by atoms with Gasteiger partial charge in [0, 0.05) is 18.7 Å². The molecule has 0 radical (unpaired) electrons. The second-order valence-corrected chi connectivity index (χ2v) is 5.78. The normalized spacial score (nSPS) is 23.9. The maximum Gasteiger partial charge on any atom is 0.416 e. The zero-order valence-electron chi connectivity index (χ0n) is 11.5. The van der Waals surface area contributed by atoms with E-state index in [1.54, 1.807) is 4.90 Å². The minimum absolute atomic E-state index is 0.0550. The first-order chi connectivity index (χ1) is 10.3. The summed E-state index contributed by atoms with van der Waals surface area (Å²) in [5.74, 6) is -0.143. The lowest BCUT2D eigenvalue weighted by atomic mass is 10.1. The van der Waals surface area contributed by atoms with Crippen LogP contribution < -0.4 is 0 Å². The van der Waals surface area contributed by atoms with Crippen molar-refractivity contribution in [2.24, 2.45) is 5.92 Å². The van der Waals surface area contributed by atoms with Crippen molar-refractivity contribution in [2.45, 2.75) is 31.5 Å². The van der Waals surface area contributed by atoms with E-state index in [9.17, 15) is 28.1 Å². The van der Waals surface area contributed by atoms with Crippen LogP contribution in [-0.2, 0) is 6.18 Å². The Kier molecular flexibility index (Phi) is 3.34. The molecule has 0 N–H and O–H groups in total. The summed E-state index contributed by atoms with van der Waals surface area (Å²) in [5.41, 5.74) is -2.19. The molecule has 1 aliphatic carbocycles. The fraction of sp³-hybridized carbons (Fsp3) is 0.500. The van der Waals surface area contributed by atoms with Crippen molar-refractivity contribution >= 4 is 11.6 Å². The lowest BCUT2D eigenvalue weighted by molar-refractivity contribution is -0.385. The summed E-state index contributed by atoms with van der Waals surface area (Å²) >= 11 is 0. The van der Waals surface area contributed by atoms with Gasteiger partial charge < -0.3 is 4.90 Å². The molecule has 22 heavy (non-hydrogen) atoms. The fourth-order valence-corrected chi connectivity index (χ4v) is 3.37. The maximum atomic E-state index is 12.7. The highest BCUT2D eigenvalue weighted by atomic mass is 19.4. The van der Waals surface area contributed by atoms with Crippen molar-refractivity contribution < 1.29 is 22.9 Å². The molecule has 2 bridgehead atoms. The van der Waals surface area contributed by atoms with Gasteiger partial charge in [-0.1, -0.05) is 0 Å². The van der Waals surface area contributed by atoms with Crippen LogP contribution >= 0.6 is 0 Å². The van der Waals surface area contributed by atoms with Crippen LogP contribution in [0.2, 0.25) is 0 Å². The highest BCUT2D eigenvalue weighted by molar-refractivity contribution is 5.98. The molecule has 0 unspecified atom stereocenters. The molecule has 1 aromatic rings. The maximum absolute atomic E-state index is 12.7. The molecule has 1 aromatic carbocycles. The van der Waals surface area contributed by atoms with E-state index in [-0.39, 0.29) is 11.6 Å². The van der Waals surface area contributed by atoms with Crippen LogP contribution in [0.15, 0.2) is 18.2 Å². The summed E-state index contributed by atoms with van der Waals surface area (Å²) in [7, 11) is 0. The predicted molar refractivity (Wildman–Crippen MR) is 70.3 cm³/mol. The Balaban J connectivity index is 1.96. The number of nitrogens with zero attached hydrogens (tertiary/aromatic N) is 2. The van der Waals surface area contributed by atoms with Crippen LogP contribution in [0.4, 0.5) is 18.9 Å². The first kappa shape index (κ1) is 14.8. The number of amides is 1. The molecule has 2 fully saturated rings. The molecule has 0 aromatic heterocycles. The van der Waals surface area contributed by atoms with Crippen LogP contribution in [0.1, 0.15) is 35.2 Å². The number of piperidine rings is 1. The minimum Gasteiger partial charge on any atom is -0.335 e. The third kappa shape index (κ3) is 2.42. The highest BCUT2D eigenvalue weighted by Gasteiger charge is 2.42. The van der Waals surface area contributed by atoms with Gasteiger partial charge in [0.1, 0.15) is 5.56 Å². The lowest BCUT2D eigenvalue weighted by Gasteiger charge is -2.27. The van der Waals surface area contributed by atoms with Crippen LogP contribution in [0.25, 0.3) is 0 Å². The number of carbonyl (C=O) groups is 1. The van der Waals surface area contributed by atoms with Gasteiger partial charge in [-0.05, 0) is 37.3 Å². The lowest BCUT2D eigenvalue weighted by Crippen LogP contribution is -2.37. The van der Waals surface area contributed by atoms with E-state index in [4.69, 9.17) is 0 Å². The highest BCUT2D eigenvalue weighted by Crippen LogP contribution is 2.39. The van der Waals surface area contributed by atoms with Crippen molar-refractivity contribution in [3.05, 3.63) is 39.4 Å². The largest absolute Gasteiger partial charge is 0.416 e. The van der Waals surface area contributed by atoms with E-state index < -0.39 is 28.3 Å². The van der Waals surface area contributed by atoms with E-state index >= 15 is 0 Å². The molecule has 1 amide bonds. The van der Waals surface area contributed by atoms with E-state index in [2.05, 4.69) is 0 Å². The number of nitro groups is 1. The summed E-state index contributed by atoms with van der Waals surface area (Å²) in [6.45, 7) is 0.529. The zero-order valence-corrected chi connectivity index (χ0v) is 11.5. The number of benzene rings is 1. The zero-order chi connectivity index (χ0) is 16.1. The Morgan fingerprint density at radius 3 is 2.55 bits per heavy atom. The van der Waals surface area contributed by atoms with Gasteiger partial charge >= 0.3 is 6.18 Å². The Bertz CT molecular complexity index is 645. The molecule has 118 valence electrons. The molecule has 2 aliphatic rings. The fourth-order valence-electron chi connectivity index (χ4n) is 3.37. The average molecular weight is 314 g/mol. The molecular weight excluding hydrogens is 301 g/mol. The summed E-state index contributed by atoms with van der Waals surface area (Å²) in [5, 5.41) is 11.0. The first-order valence-corrected chi connectivity index (χ1v) is 6.94. The van der Waals surface area contributed by atoms with Gasteiger partial charge in [0.2, 0.25) is 0 Å². The van der Waals surface area contributed by atoms with Gasteiger partial charge in [0.15, 0.2) is 0 Å². The van der Waals surface area contributed by atoms with Gasteiger partial charge in [0.05, 0.1) is 10.5 Å². The SMILES string of the molecule is O=C(c1ccc(C(F)(F)F)cc1[N+](=O)[O-])N1C[C@H]2CC[C@H]1C2. The van der Waals surface area contributed by atoms with Crippen LogP contribution in [0.3, 0.4) is 0 Å². The third-order valence-corrected chi connectivity index (χ3v) is 4.42. The van der Waals surface area contributed by atoms with Crippen molar-refractivity contribution in [1.82, 2.24) is 4.90 Å². The molecule has 3 rings (SSSR count).